The molecule has 224 valence electrons. The molecule has 0 saturated heterocycles. The minimum Gasteiger partial charge on any atom is -0.515 e. The molecule has 6 rings (SSSR count). The van der Waals surface area contributed by atoms with E-state index in [9.17, 15) is 30.0 Å². The van der Waals surface area contributed by atoms with Gasteiger partial charge in [0.15, 0.2) is 11.6 Å². The van der Waals surface area contributed by atoms with Crippen molar-refractivity contribution in [3.8, 4) is 11.5 Å². The fourth-order valence-electron chi connectivity index (χ4n) is 6.39. The first-order chi connectivity index (χ1) is 21.9. The molecule has 2 aliphatic carbocycles. The molecule has 0 heterocycles. The molecule has 2 atom stereocenters. The van der Waals surface area contributed by atoms with Crippen molar-refractivity contribution < 1.29 is 30.0 Å². The number of phenolic OH excluding ortho intramolecular Hbond substituents is 2. The van der Waals surface area contributed by atoms with E-state index < -0.39 is 11.8 Å². The summed E-state index contributed by atoms with van der Waals surface area (Å²) in [7, 11) is 0. The van der Waals surface area contributed by atoms with E-state index >= 15 is 0 Å². The normalized spacial score (nSPS) is 20.3. The van der Waals surface area contributed by atoms with Gasteiger partial charge in [0.25, 0.3) is 0 Å². The van der Waals surface area contributed by atoms with E-state index in [-0.39, 0.29) is 34.2 Å². The van der Waals surface area contributed by atoms with Gasteiger partial charge in [0.05, 0.1) is 12.5 Å². The Morgan fingerprint density at radius 3 is 1.36 bits per heavy atom. The van der Waals surface area contributed by atoms with E-state index in [2.05, 4.69) is 0 Å². The molecule has 6 nitrogen and oxygen atoms in total. The molecule has 0 fully saturated rings. The summed E-state index contributed by atoms with van der Waals surface area (Å²) in [5.41, 5.74) is 6.63. The largest absolute Gasteiger partial charge is 0.515 e. The van der Waals surface area contributed by atoms with Crippen LogP contribution in [-0.2, 0) is 16.0 Å². The number of phenols is 2. The van der Waals surface area contributed by atoms with Crippen molar-refractivity contribution in [1.29, 1.82) is 0 Å². The van der Waals surface area contributed by atoms with E-state index in [0.717, 1.165) is 45.9 Å². The molecular formula is C39H32O6. The maximum atomic E-state index is 13.0. The number of hydrogen-bond acceptors (Lipinski definition) is 6. The Labute approximate surface area is 261 Å². The molecular weight excluding hydrogens is 564 g/mol. The summed E-state index contributed by atoms with van der Waals surface area (Å²) in [6.07, 6.45) is 6.02. The van der Waals surface area contributed by atoms with Crippen molar-refractivity contribution in [2.75, 3.05) is 0 Å². The maximum absolute atomic E-state index is 13.0. The molecule has 0 saturated carbocycles. The first-order valence-corrected chi connectivity index (χ1v) is 14.8. The number of aliphatic hydroxyl groups is 2. The van der Waals surface area contributed by atoms with Crippen molar-refractivity contribution in [1.82, 2.24) is 0 Å². The number of rotatable bonds is 6. The number of allylic oxidation sites excluding steroid dienone is 6. The Morgan fingerprint density at radius 1 is 0.578 bits per heavy atom. The van der Waals surface area contributed by atoms with Gasteiger partial charge in [-0.25, -0.2) is 0 Å². The van der Waals surface area contributed by atoms with Gasteiger partial charge in [0.1, 0.15) is 11.5 Å². The Balaban J connectivity index is 1.31. The zero-order chi connectivity index (χ0) is 31.5. The van der Waals surface area contributed by atoms with Crippen LogP contribution in [-0.4, -0.2) is 32.0 Å². The molecule has 0 amide bonds. The summed E-state index contributed by atoms with van der Waals surface area (Å²) in [4.78, 5) is 26.1. The van der Waals surface area contributed by atoms with Crippen LogP contribution in [0, 0.1) is 0 Å². The number of aromatic hydroxyl groups is 2. The molecule has 2 aliphatic rings. The van der Waals surface area contributed by atoms with Gasteiger partial charge in [-0.3, -0.25) is 9.59 Å². The van der Waals surface area contributed by atoms with Crippen molar-refractivity contribution in [2.24, 2.45) is 0 Å². The van der Waals surface area contributed by atoms with E-state index in [1.165, 1.54) is 12.2 Å². The van der Waals surface area contributed by atoms with E-state index in [1.807, 2.05) is 72.8 Å². The SMILES string of the molecule is O=C1C=C(c2ccccc2)CC(c2cc(Cc3ccc(O)c(C4CC(c5ccccc5)=CC(=O)/C4=C\O)c3)ccc2O)/C1=C/O. The second-order valence-corrected chi connectivity index (χ2v) is 11.4. The van der Waals surface area contributed by atoms with Gasteiger partial charge in [0.2, 0.25) is 0 Å². The summed E-state index contributed by atoms with van der Waals surface area (Å²) in [6, 6.07) is 29.6. The van der Waals surface area contributed by atoms with Crippen LogP contribution < -0.4 is 0 Å². The minimum absolute atomic E-state index is 0.0234. The van der Waals surface area contributed by atoms with Gasteiger partial charge >= 0.3 is 0 Å². The summed E-state index contributed by atoms with van der Waals surface area (Å²) in [5.74, 6) is -1.66. The number of carbonyl (C=O) groups is 2. The predicted octanol–water partition coefficient (Wildman–Crippen LogP) is 7.85. The zero-order valence-electron chi connectivity index (χ0n) is 24.4. The second-order valence-electron chi connectivity index (χ2n) is 11.4. The van der Waals surface area contributed by atoms with Crippen LogP contribution in [0.2, 0.25) is 0 Å². The predicted molar refractivity (Wildman–Crippen MR) is 174 cm³/mol. The van der Waals surface area contributed by atoms with E-state index in [1.54, 1.807) is 24.3 Å². The first kappa shape index (κ1) is 29.5. The lowest BCUT2D eigenvalue weighted by molar-refractivity contribution is -0.112. The fourth-order valence-corrected chi connectivity index (χ4v) is 6.39. The Kier molecular flexibility index (Phi) is 8.21. The summed E-state index contributed by atoms with van der Waals surface area (Å²) < 4.78 is 0. The molecule has 0 spiro atoms. The molecule has 0 radical (unpaired) electrons. The van der Waals surface area contributed by atoms with Gasteiger partial charge in [-0.1, -0.05) is 84.9 Å². The average molecular weight is 597 g/mol. The van der Waals surface area contributed by atoms with Crippen LogP contribution in [0.1, 0.15) is 58.1 Å². The molecule has 0 bridgehead atoms. The molecule has 4 N–H and O–H groups in total. The minimum atomic E-state index is -0.549. The van der Waals surface area contributed by atoms with Crippen molar-refractivity contribution >= 4 is 22.7 Å². The van der Waals surface area contributed by atoms with Gasteiger partial charge < -0.3 is 20.4 Å². The third-order valence-electron chi connectivity index (χ3n) is 8.69. The highest BCUT2D eigenvalue weighted by molar-refractivity contribution is 6.12. The second kappa shape index (κ2) is 12.5. The van der Waals surface area contributed by atoms with Crippen LogP contribution in [0.3, 0.4) is 0 Å². The van der Waals surface area contributed by atoms with Crippen molar-refractivity contribution in [3.05, 3.63) is 166 Å². The lowest BCUT2D eigenvalue weighted by Gasteiger charge is -2.26. The average Bonchev–Trinajstić information content (AvgIpc) is 3.06. The van der Waals surface area contributed by atoms with Crippen molar-refractivity contribution in [2.45, 2.75) is 31.1 Å². The molecule has 0 aromatic heterocycles. The number of carbonyl (C=O) groups excluding carboxylic acids is 2. The van der Waals surface area contributed by atoms with Crippen LogP contribution in [0.4, 0.5) is 0 Å². The van der Waals surface area contributed by atoms with Gasteiger partial charge in [-0.2, -0.15) is 0 Å². The number of hydrogen-bond donors (Lipinski definition) is 4. The number of ketones is 2. The summed E-state index contributed by atoms with van der Waals surface area (Å²) in [5, 5.41) is 41.9. The molecule has 45 heavy (non-hydrogen) atoms. The van der Waals surface area contributed by atoms with Crippen LogP contribution in [0.5, 0.6) is 11.5 Å². The smallest absolute Gasteiger partial charge is 0.185 e. The van der Waals surface area contributed by atoms with Crippen LogP contribution in [0.15, 0.2) is 133 Å². The Morgan fingerprint density at radius 2 is 0.978 bits per heavy atom. The summed E-state index contributed by atoms with van der Waals surface area (Å²) >= 11 is 0. The highest BCUT2D eigenvalue weighted by Gasteiger charge is 2.32. The fraction of sp³-hybridized carbons (Fsp3) is 0.128. The van der Waals surface area contributed by atoms with Gasteiger partial charge in [-0.15, -0.1) is 0 Å². The molecule has 4 aromatic rings. The molecule has 6 heteroatoms. The van der Waals surface area contributed by atoms with Gasteiger partial charge in [0, 0.05) is 34.1 Å². The first-order valence-electron chi connectivity index (χ1n) is 14.8. The van der Waals surface area contributed by atoms with Crippen molar-refractivity contribution in [3.63, 3.8) is 0 Å². The zero-order valence-corrected chi connectivity index (χ0v) is 24.4. The quantitative estimate of drug-likeness (QED) is 0.133. The monoisotopic (exact) mass is 596 g/mol. The van der Waals surface area contributed by atoms with Crippen LogP contribution in [0.25, 0.3) is 11.1 Å². The number of benzene rings is 4. The summed E-state index contributed by atoms with van der Waals surface area (Å²) in [6.45, 7) is 0. The van der Waals surface area contributed by atoms with Gasteiger partial charge in [-0.05, 0) is 76.9 Å². The Hall–Kier alpha value is -5.62. The topological polar surface area (TPSA) is 115 Å². The van der Waals surface area contributed by atoms with E-state index in [0.29, 0.717) is 30.4 Å². The molecule has 2 unspecified atom stereocenters. The third-order valence-corrected chi connectivity index (χ3v) is 8.69. The molecule has 0 aliphatic heterocycles. The Bertz CT molecular complexity index is 1760. The van der Waals surface area contributed by atoms with E-state index in [4.69, 9.17) is 0 Å². The highest BCUT2D eigenvalue weighted by atomic mass is 16.3. The number of aliphatic hydroxyl groups excluding tert-OH is 2. The molecule has 4 aromatic carbocycles. The van der Waals surface area contributed by atoms with Crippen LogP contribution >= 0.6 is 0 Å². The highest BCUT2D eigenvalue weighted by Crippen LogP contribution is 2.44. The lowest BCUT2D eigenvalue weighted by atomic mass is 9.76. The maximum Gasteiger partial charge on any atom is 0.185 e. The third kappa shape index (κ3) is 5.95. The standard InChI is InChI=1S/C39H32O6/c40-22-34-30(18-28(20-38(34)44)26-7-3-1-4-8-26)32-16-24(11-13-36(32)42)15-25-12-14-37(43)33(17-25)31-19-29(21-39(45)35(31)23-41)27-9-5-2-6-10-27/h1-14,16-17,20-23,30-31,40-43H,15,18-19H2/b34-22-,35-23-. The lowest BCUT2D eigenvalue weighted by Crippen LogP contribution is -2.17.